The average molecular weight is 332 g/mol. The molecule has 0 saturated heterocycles. The number of rotatable bonds is 4. The van der Waals surface area contributed by atoms with E-state index in [4.69, 9.17) is 11.6 Å². The molecule has 0 spiro atoms. The van der Waals surface area contributed by atoms with Crippen molar-refractivity contribution in [1.82, 2.24) is 10.4 Å². The van der Waals surface area contributed by atoms with E-state index in [2.05, 4.69) is 43.2 Å². The van der Waals surface area contributed by atoms with Gasteiger partial charge < -0.3 is 0 Å². The van der Waals surface area contributed by atoms with Crippen LogP contribution in [-0.4, -0.2) is 25.8 Å². The summed E-state index contributed by atoms with van der Waals surface area (Å²) in [6, 6.07) is 3.13. The Bertz CT molecular complexity index is 480. The average Bonchev–Trinajstić information content (AvgIpc) is 2.34. The Morgan fingerprint density at radius 1 is 1.30 bits per heavy atom. The number of hydrazone groups is 1. The Hall–Kier alpha value is -0.720. The van der Waals surface area contributed by atoms with E-state index in [0.29, 0.717) is 15.5 Å². The van der Waals surface area contributed by atoms with E-state index < -0.39 is 0 Å². The number of halogens is 1. The predicted octanol–water partition coefficient (Wildman–Crippen LogP) is 4.02. The molecule has 7 heteroatoms. The van der Waals surface area contributed by atoms with Crippen molar-refractivity contribution in [1.29, 1.82) is 0 Å². The number of hydrogen-bond donors (Lipinski definition) is 1. The molecule has 0 radical (unpaired) electrons. The van der Waals surface area contributed by atoms with Gasteiger partial charge in [0.1, 0.15) is 5.69 Å². The summed E-state index contributed by atoms with van der Waals surface area (Å²) in [7, 11) is 0. The van der Waals surface area contributed by atoms with E-state index in [0.717, 1.165) is 4.38 Å². The summed E-state index contributed by atoms with van der Waals surface area (Å²) < 4.78 is 0.838. The van der Waals surface area contributed by atoms with Crippen molar-refractivity contribution in [2.75, 3.05) is 0 Å². The van der Waals surface area contributed by atoms with Crippen LogP contribution in [0.3, 0.4) is 0 Å². The van der Waals surface area contributed by atoms with Crippen LogP contribution in [0, 0.1) is 0 Å². The molecule has 1 aromatic heterocycles. The first-order valence-electron chi connectivity index (χ1n) is 6.21. The fourth-order valence-corrected chi connectivity index (χ4v) is 3.71. The number of amides is 1. The Morgan fingerprint density at radius 3 is 2.40 bits per heavy atom. The summed E-state index contributed by atoms with van der Waals surface area (Å²) in [6.45, 7) is 8.34. The minimum Gasteiger partial charge on any atom is -0.266 e. The van der Waals surface area contributed by atoms with Crippen LogP contribution in [0.25, 0.3) is 0 Å². The normalized spacial score (nSPS) is 10.8. The zero-order chi connectivity index (χ0) is 15.1. The number of nitrogens with one attached hydrogen (secondary N) is 1. The van der Waals surface area contributed by atoms with Gasteiger partial charge in [0.15, 0.2) is 4.38 Å². The van der Waals surface area contributed by atoms with E-state index >= 15 is 0 Å². The van der Waals surface area contributed by atoms with E-state index in [1.807, 2.05) is 0 Å². The molecule has 0 fully saturated rings. The van der Waals surface area contributed by atoms with E-state index in [1.54, 1.807) is 29.6 Å². The van der Waals surface area contributed by atoms with Crippen molar-refractivity contribution < 1.29 is 4.79 Å². The van der Waals surface area contributed by atoms with Crippen molar-refractivity contribution in [3.63, 3.8) is 0 Å². The van der Waals surface area contributed by atoms with Crippen molar-refractivity contribution >= 4 is 45.4 Å². The molecular formula is C13H18ClN3OS2. The summed E-state index contributed by atoms with van der Waals surface area (Å²) in [6.07, 6.45) is 1.49. The maximum absolute atomic E-state index is 11.9. The van der Waals surface area contributed by atoms with Gasteiger partial charge in [0.25, 0.3) is 5.91 Å². The van der Waals surface area contributed by atoms with Crippen LogP contribution in [-0.2, 0) is 0 Å². The number of thioether (sulfide) groups is 2. The number of carbonyl (C=O) groups is 1. The van der Waals surface area contributed by atoms with Crippen molar-refractivity contribution in [2.24, 2.45) is 5.10 Å². The predicted molar refractivity (Wildman–Crippen MR) is 89.6 cm³/mol. The van der Waals surface area contributed by atoms with Crippen molar-refractivity contribution in [3.05, 3.63) is 29.0 Å². The van der Waals surface area contributed by atoms with Gasteiger partial charge in [-0.15, -0.1) is 0 Å². The van der Waals surface area contributed by atoms with Crippen LogP contribution in [0.4, 0.5) is 0 Å². The highest BCUT2D eigenvalue weighted by molar-refractivity contribution is 8.39. The summed E-state index contributed by atoms with van der Waals surface area (Å²) in [5.74, 6) is -0.362. The summed E-state index contributed by atoms with van der Waals surface area (Å²) >= 11 is 9.07. The molecular weight excluding hydrogens is 314 g/mol. The number of nitrogens with zero attached hydrogens (tertiary/aromatic N) is 2. The second-order valence-electron chi connectivity index (χ2n) is 4.51. The topological polar surface area (TPSA) is 54.4 Å². The van der Waals surface area contributed by atoms with Gasteiger partial charge in [-0.2, -0.15) is 5.10 Å². The number of aromatic nitrogens is 1. The first-order valence-corrected chi connectivity index (χ1v) is 8.35. The molecule has 4 nitrogen and oxygen atoms in total. The maximum atomic E-state index is 11.9. The lowest BCUT2D eigenvalue weighted by atomic mass is 10.3. The van der Waals surface area contributed by atoms with Gasteiger partial charge >= 0.3 is 0 Å². The van der Waals surface area contributed by atoms with Crippen LogP contribution in [0.5, 0.6) is 0 Å². The van der Waals surface area contributed by atoms with E-state index in [9.17, 15) is 4.79 Å². The van der Waals surface area contributed by atoms with Gasteiger partial charge in [-0.1, -0.05) is 62.8 Å². The standard InChI is InChI=1S/C13H18ClN3OS2/c1-8(2)19-13(20-9(3)4)17-16-12(18)11-7-10(14)5-6-15-11/h5-9H,1-4H3,(H,16,18). The quantitative estimate of drug-likeness (QED) is 0.514. The molecule has 0 atom stereocenters. The zero-order valence-electron chi connectivity index (χ0n) is 11.9. The first kappa shape index (κ1) is 17.3. The molecule has 1 rings (SSSR count). The smallest absolute Gasteiger partial charge is 0.266 e. The zero-order valence-corrected chi connectivity index (χ0v) is 14.3. The molecule has 0 aliphatic rings. The minimum absolute atomic E-state index is 0.254. The van der Waals surface area contributed by atoms with Crippen LogP contribution in [0.1, 0.15) is 38.2 Å². The van der Waals surface area contributed by atoms with Crippen LogP contribution >= 0.6 is 35.1 Å². The summed E-state index contributed by atoms with van der Waals surface area (Å²) in [5.41, 5.74) is 2.78. The molecule has 1 heterocycles. The fraction of sp³-hybridized carbons (Fsp3) is 0.462. The number of hydrogen-bond acceptors (Lipinski definition) is 5. The molecule has 20 heavy (non-hydrogen) atoms. The molecule has 0 saturated carbocycles. The number of carbonyl (C=O) groups excluding carboxylic acids is 1. The Labute approximate surface area is 133 Å². The second kappa shape index (κ2) is 8.54. The van der Waals surface area contributed by atoms with Gasteiger partial charge in [-0.3, -0.25) is 9.78 Å². The molecule has 0 aromatic carbocycles. The molecule has 0 aliphatic heterocycles. The Kier molecular flexibility index (Phi) is 7.40. The molecule has 0 aliphatic carbocycles. The second-order valence-corrected chi connectivity index (χ2v) is 8.34. The molecule has 110 valence electrons. The van der Waals surface area contributed by atoms with Gasteiger partial charge in [0.05, 0.1) is 0 Å². The Balaban J connectivity index is 2.73. The lowest BCUT2D eigenvalue weighted by molar-refractivity contribution is 0.0950. The molecule has 0 bridgehead atoms. The third kappa shape index (κ3) is 6.63. The minimum atomic E-state index is -0.362. The van der Waals surface area contributed by atoms with Crippen LogP contribution < -0.4 is 5.43 Å². The monoisotopic (exact) mass is 331 g/mol. The highest BCUT2D eigenvalue weighted by Gasteiger charge is 2.10. The SMILES string of the molecule is CC(C)SC(=NNC(=O)c1cc(Cl)ccn1)SC(C)C. The Morgan fingerprint density at radius 2 is 1.90 bits per heavy atom. The largest absolute Gasteiger partial charge is 0.290 e. The van der Waals surface area contributed by atoms with Gasteiger partial charge in [-0.05, 0) is 12.1 Å². The fourth-order valence-electron chi connectivity index (χ4n) is 1.17. The van der Waals surface area contributed by atoms with E-state index in [-0.39, 0.29) is 11.6 Å². The van der Waals surface area contributed by atoms with Crippen molar-refractivity contribution in [2.45, 2.75) is 38.2 Å². The number of pyridine rings is 1. The van der Waals surface area contributed by atoms with Gasteiger partial charge in [0.2, 0.25) is 0 Å². The first-order chi connectivity index (χ1) is 9.38. The summed E-state index contributed by atoms with van der Waals surface area (Å²) in [5, 5.41) is 5.45. The maximum Gasteiger partial charge on any atom is 0.290 e. The van der Waals surface area contributed by atoms with Crippen LogP contribution in [0.15, 0.2) is 23.4 Å². The summed E-state index contributed by atoms with van der Waals surface area (Å²) in [4.78, 5) is 15.9. The van der Waals surface area contributed by atoms with Crippen molar-refractivity contribution in [3.8, 4) is 0 Å². The van der Waals surface area contributed by atoms with Crippen LogP contribution in [0.2, 0.25) is 5.02 Å². The molecule has 1 amide bonds. The molecule has 1 aromatic rings. The lowest BCUT2D eigenvalue weighted by Gasteiger charge is -2.10. The lowest BCUT2D eigenvalue weighted by Crippen LogP contribution is -2.20. The third-order valence-electron chi connectivity index (χ3n) is 1.88. The molecule has 0 unspecified atom stereocenters. The highest BCUT2D eigenvalue weighted by Crippen LogP contribution is 2.24. The molecule has 1 N–H and O–H groups in total. The van der Waals surface area contributed by atoms with Gasteiger partial charge in [-0.25, -0.2) is 5.43 Å². The third-order valence-corrected chi connectivity index (χ3v) is 4.22. The van der Waals surface area contributed by atoms with Gasteiger partial charge in [0, 0.05) is 21.7 Å². The van der Waals surface area contributed by atoms with E-state index in [1.165, 1.54) is 12.3 Å². The highest BCUT2D eigenvalue weighted by atomic mass is 35.5.